The summed E-state index contributed by atoms with van der Waals surface area (Å²) >= 11 is 7.29. The lowest BCUT2D eigenvalue weighted by atomic mass is 10.2. The van der Waals surface area contributed by atoms with Crippen molar-refractivity contribution in [2.24, 2.45) is 0 Å². The number of hydrogen-bond acceptors (Lipinski definition) is 5. The standard InChI is InChI=1S/C17H16ClF3N2O4S/c1-16-5-4-14(25)23(16)12(8-28-16)15(26)27-7-13(24)22-11-6-9(17(19,20)21)2-3-10(11)18/h2-3,6,12H,4-5,7-8H2,1H3,(H,22,24)/t12-,16+/m1/s1. The maximum atomic E-state index is 12.8. The van der Waals surface area contributed by atoms with Crippen LogP contribution in [0.25, 0.3) is 0 Å². The molecule has 152 valence electrons. The summed E-state index contributed by atoms with van der Waals surface area (Å²) in [6.45, 7) is 1.17. The Hall–Kier alpha value is -1.94. The lowest BCUT2D eigenvalue weighted by molar-refractivity contribution is -0.155. The minimum atomic E-state index is -4.59. The first-order valence-corrected chi connectivity index (χ1v) is 9.67. The molecule has 6 nitrogen and oxygen atoms in total. The number of anilines is 1. The fourth-order valence-corrected chi connectivity index (χ4v) is 4.79. The number of halogens is 4. The lowest BCUT2D eigenvalue weighted by Gasteiger charge is -2.29. The molecular weight excluding hydrogens is 421 g/mol. The van der Waals surface area contributed by atoms with Gasteiger partial charge in [0.25, 0.3) is 5.91 Å². The Labute approximate surface area is 167 Å². The molecule has 2 aliphatic heterocycles. The molecule has 2 heterocycles. The number of hydrogen-bond donors (Lipinski definition) is 1. The molecule has 0 spiro atoms. The van der Waals surface area contributed by atoms with Crippen LogP contribution in [0, 0.1) is 0 Å². The van der Waals surface area contributed by atoms with Crippen molar-refractivity contribution in [1.29, 1.82) is 0 Å². The molecule has 1 aromatic rings. The number of carbonyl (C=O) groups excluding carboxylic acids is 3. The molecule has 2 saturated heterocycles. The van der Waals surface area contributed by atoms with Crippen LogP contribution in [0.3, 0.4) is 0 Å². The smallest absolute Gasteiger partial charge is 0.416 e. The second kappa shape index (κ2) is 7.47. The first-order chi connectivity index (χ1) is 13.0. The molecule has 2 fully saturated rings. The van der Waals surface area contributed by atoms with E-state index >= 15 is 0 Å². The molecule has 2 atom stereocenters. The van der Waals surface area contributed by atoms with Crippen molar-refractivity contribution in [2.45, 2.75) is 36.9 Å². The third kappa shape index (κ3) is 4.07. The van der Waals surface area contributed by atoms with E-state index in [4.69, 9.17) is 16.3 Å². The molecule has 0 bridgehead atoms. The molecule has 0 aromatic heterocycles. The summed E-state index contributed by atoms with van der Waals surface area (Å²) in [5.74, 6) is -1.34. The van der Waals surface area contributed by atoms with Gasteiger partial charge in [0.2, 0.25) is 5.91 Å². The zero-order chi connectivity index (χ0) is 20.7. The number of amides is 2. The van der Waals surface area contributed by atoms with Gasteiger partial charge in [0.1, 0.15) is 6.04 Å². The average Bonchev–Trinajstić information content (AvgIpc) is 3.10. The van der Waals surface area contributed by atoms with Gasteiger partial charge in [-0.2, -0.15) is 13.2 Å². The summed E-state index contributed by atoms with van der Waals surface area (Å²) in [5, 5.41) is 2.11. The van der Waals surface area contributed by atoms with Gasteiger partial charge < -0.3 is 15.0 Å². The molecule has 1 aromatic carbocycles. The predicted molar refractivity (Wildman–Crippen MR) is 96.8 cm³/mol. The number of alkyl halides is 3. The van der Waals surface area contributed by atoms with Gasteiger partial charge in [-0.1, -0.05) is 11.6 Å². The van der Waals surface area contributed by atoms with Crippen molar-refractivity contribution in [1.82, 2.24) is 4.90 Å². The molecule has 2 amide bonds. The van der Waals surface area contributed by atoms with Crippen LogP contribution in [-0.4, -0.2) is 46.0 Å². The minimum Gasteiger partial charge on any atom is -0.454 e. The van der Waals surface area contributed by atoms with Crippen molar-refractivity contribution in [2.75, 3.05) is 17.7 Å². The molecule has 2 aliphatic rings. The quantitative estimate of drug-likeness (QED) is 0.733. The highest BCUT2D eigenvalue weighted by molar-refractivity contribution is 8.01. The van der Waals surface area contributed by atoms with Crippen molar-refractivity contribution >= 4 is 46.8 Å². The van der Waals surface area contributed by atoms with Crippen molar-refractivity contribution in [3.05, 3.63) is 28.8 Å². The van der Waals surface area contributed by atoms with E-state index in [2.05, 4.69) is 5.32 Å². The monoisotopic (exact) mass is 436 g/mol. The molecule has 0 saturated carbocycles. The van der Waals surface area contributed by atoms with Crippen LogP contribution >= 0.6 is 23.4 Å². The van der Waals surface area contributed by atoms with Crippen LogP contribution in [0.4, 0.5) is 18.9 Å². The maximum absolute atomic E-state index is 12.8. The fourth-order valence-electron chi connectivity index (χ4n) is 3.21. The Morgan fingerprint density at radius 3 is 2.82 bits per heavy atom. The van der Waals surface area contributed by atoms with Crippen LogP contribution in [0.5, 0.6) is 0 Å². The van der Waals surface area contributed by atoms with Crippen molar-refractivity contribution in [3.8, 4) is 0 Å². The molecule has 28 heavy (non-hydrogen) atoms. The summed E-state index contributed by atoms with van der Waals surface area (Å²) in [7, 11) is 0. The highest BCUT2D eigenvalue weighted by Gasteiger charge is 2.53. The van der Waals surface area contributed by atoms with Crippen LogP contribution in [0.2, 0.25) is 5.02 Å². The van der Waals surface area contributed by atoms with Crippen LogP contribution in [0.15, 0.2) is 18.2 Å². The number of nitrogens with zero attached hydrogens (tertiary/aromatic N) is 1. The molecule has 11 heteroatoms. The van der Waals surface area contributed by atoms with E-state index in [-0.39, 0.29) is 16.6 Å². The summed E-state index contributed by atoms with van der Waals surface area (Å²) in [6, 6.07) is 1.72. The first kappa shape index (κ1) is 20.8. The van der Waals surface area contributed by atoms with E-state index in [9.17, 15) is 27.6 Å². The number of ether oxygens (including phenoxy) is 1. The van der Waals surface area contributed by atoms with Gasteiger partial charge in [0.05, 0.1) is 21.1 Å². The van der Waals surface area contributed by atoms with E-state index in [0.717, 1.165) is 12.1 Å². The van der Waals surface area contributed by atoms with E-state index < -0.39 is 41.1 Å². The Kier molecular flexibility index (Phi) is 5.55. The van der Waals surface area contributed by atoms with E-state index in [1.54, 1.807) is 0 Å². The van der Waals surface area contributed by atoms with E-state index in [1.165, 1.54) is 16.7 Å². The second-order valence-corrected chi connectivity index (χ2v) is 8.52. The fraction of sp³-hybridized carbons (Fsp3) is 0.471. The molecule has 1 N–H and O–H groups in total. The Balaban J connectivity index is 1.59. The highest BCUT2D eigenvalue weighted by Crippen LogP contribution is 2.47. The van der Waals surface area contributed by atoms with Crippen molar-refractivity contribution in [3.63, 3.8) is 0 Å². The predicted octanol–water partition coefficient (Wildman–Crippen LogP) is 3.29. The van der Waals surface area contributed by atoms with Gasteiger partial charge in [-0.15, -0.1) is 11.8 Å². The van der Waals surface area contributed by atoms with Gasteiger partial charge in [0, 0.05) is 12.2 Å². The number of nitrogens with one attached hydrogen (secondary N) is 1. The SMILES string of the molecule is C[C@]12CCC(=O)N1[C@@H](C(=O)OCC(=O)Nc1cc(C(F)(F)F)ccc1Cl)CS2. The van der Waals surface area contributed by atoms with Crippen LogP contribution in [-0.2, 0) is 25.3 Å². The lowest BCUT2D eigenvalue weighted by Crippen LogP contribution is -2.47. The zero-order valence-corrected chi connectivity index (χ0v) is 16.2. The van der Waals surface area contributed by atoms with Gasteiger partial charge >= 0.3 is 12.1 Å². The zero-order valence-electron chi connectivity index (χ0n) is 14.6. The molecular formula is C17H16ClF3N2O4S. The Morgan fingerprint density at radius 2 is 2.14 bits per heavy atom. The van der Waals surface area contributed by atoms with Gasteiger partial charge in [-0.3, -0.25) is 9.59 Å². The van der Waals surface area contributed by atoms with Crippen molar-refractivity contribution < 1.29 is 32.3 Å². The van der Waals surface area contributed by atoms with E-state index in [1.807, 2.05) is 6.92 Å². The molecule has 0 radical (unpaired) electrons. The number of carbonyl (C=O) groups is 3. The number of rotatable bonds is 4. The maximum Gasteiger partial charge on any atom is 0.416 e. The Bertz CT molecular complexity index is 835. The van der Waals surface area contributed by atoms with Crippen LogP contribution in [0.1, 0.15) is 25.3 Å². The van der Waals surface area contributed by atoms with Gasteiger partial charge in [-0.25, -0.2) is 4.79 Å². The van der Waals surface area contributed by atoms with Gasteiger partial charge in [0.15, 0.2) is 6.61 Å². The Morgan fingerprint density at radius 1 is 1.43 bits per heavy atom. The third-order valence-electron chi connectivity index (χ3n) is 4.63. The van der Waals surface area contributed by atoms with E-state index in [0.29, 0.717) is 24.7 Å². The molecule has 0 unspecified atom stereocenters. The van der Waals surface area contributed by atoms with Crippen LogP contribution < -0.4 is 5.32 Å². The number of fused-ring (bicyclic) bond motifs is 1. The third-order valence-corrected chi connectivity index (χ3v) is 6.46. The average molecular weight is 437 g/mol. The molecule has 0 aliphatic carbocycles. The normalized spacial score (nSPS) is 24.2. The number of esters is 1. The summed E-state index contributed by atoms with van der Waals surface area (Å²) in [6.07, 6.45) is -3.61. The molecule has 3 rings (SSSR count). The summed E-state index contributed by atoms with van der Waals surface area (Å²) < 4.78 is 43.3. The topological polar surface area (TPSA) is 75.7 Å². The largest absolute Gasteiger partial charge is 0.454 e. The highest BCUT2D eigenvalue weighted by atomic mass is 35.5. The second-order valence-electron chi connectivity index (χ2n) is 6.61. The first-order valence-electron chi connectivity index (χ1n) is 8.30. The van der Waals surface area contributed by atoms with Gasteiger partial charge in [-0.05, 0) is 31.5 Å². The minimum absolute atomic E-state index is 0.0849. The number of thioether (sulfide) groups is 1. The number of benzene rings is 1. The summed E-state index contributed by atoms with van der Waals surface area (Å²) in [5.41, 5.74) is -1.21. The summed E-state index contributed by atoms with van der Waals surface area (Å²) in [4.78, 5) is 37.3.